The lowest BCUT2D eigenvalue weighted by Crippen LogP contribution is -2.42. The number of anilines is 1. The summed E-state index contributed by atoms with van der Waals surface area (Å²) in [5.74, 6) is -1.73. The molecule has 0 radical (unpaired) electrons. The molecule has 130 valence electrons. The molecule has 4 N–H and O–H groups in total. The molecule has 6 heteroatoms. The average molecular weight is 332 g/mol. The molecule has 2 rings (SSSR count). The summed E-state index contributed by atoms with van der Waals surface area (Å²) < 4.78 is 0. The molecular weight excluding hydrogens is 308 g/mol. The van der Waals surface area contributed by atoms with E-state index < -0.39 is 17.3 Å². The Labute approximate surface area is 141 Å². The van der Waals surface area contributed by atoms with E-state index in [9.17, 15) is 19.5 Å². The average Bonchev–Trinajstić information content (AvgIpc) is 2.55. The fraction of sp³-hybridized carbons (Fsp3) is 0.500. The van der Waals surface area contributed by atoms with E-state index >= 15 is 0 Å². The van der Waals surface area contributed by atoms with Gasteiger partial charge in [0.15, 0.2) is 0 Å². The summed E-state index contributed by atoms with van der Waals surface area (Å²) in [4.78, 5) is 35.2. The molecule has 1 aromatic carbocycles. The van der Waals surface area contributed by atoms with Crippen LogP contribution >= 0.6 is 0 Å². The van der Waals surface area contributed by atoms with Crippen LogP contribution in [0.2, 0.25) is 0 Å². The van der Waals surface area contributed by atoms with E-state index in [1.165, 1.54) is 12.1 Å². The second-order valence-electron chi connectivity index (χ2n) is 6.72. The molecule has 6 nitrogen and oxygen atoms in total. The molecule has 1 atom stereocenters. The first-order chi connectivity index (χ1) is 11.3. The Morgan fingerprint density at radius 1 is 1.17 bits per heavy atom. The molecule has 1 fully saturated rings. The summed E-state index contributed by atoms with van der Waals surface area (Å²) in [6.07, 6.45) is 4.75. The predicted octanol–water partition coefficient (Wildman–Crippen LogP) is 2.79. The maximum absolute atomic E-state index is 12.8. The number of nitrogens with one attached hydrogen (secondary N) is 1. The minimum Gasteiger partial charge on any atom is -0.481 e. The van der Waals surface area contributed by atoms with Crippen molar-refractivity contribution in [3.63, 3.8) is 0 Å². The van der Waals surface area contributed by atoms with Crippen molar-refractivity contribution in [2.75, 3.05) is 5.32 Å². The van der Waals surface area contributed by atoms with E-state index in [1.54, 1.807) is 19.1 Å². The molecule has 24 heavy (non-hydrogen) atoms. The van der Waals surface area contributed by atoms with Crippen molar-refractivity contribution >= 4 is 23.5 Å². The largest absolute Gasteiger partial charge is 0.481 e. The number of hydrogen-bond acceptors (Lipinski definition) is 3. The third kappa shape index (κ3) is 4.13. The van der Waals surface area contributed by atoms with Gasteiger partial charge in [0.2, 0.25) is 11.8 Å². The molecule has 1 saturated carbocycles. The zero-order valence-electron chi connectivity index (χ0n) is 13.9. The van der Waals surface area contributed by atoms with Gasteiger partial charge in [-0.15, -0.1) is 0 Å². The van der Waals surface area contributed by atoms with Gasteiger partial charge in [0.1, 0.15) is 0 Å². The monoisotopic (exact) mass is 332 g/mol. The van der Waals surface area contributed by atoms with Gasteiger partial charge in [0, 0.05) is 11.3 Å². The number of nitrogens with two attached hydrogens (primary N) is 1. The quantitative estimate of drug-likeness (QED) is 0.744. The van der Waals surface area contributed by atoms with E-state index in [0.717, 1.165) is 32.1 Å². The van der Waals surface area contributed by atoms with Gasteiger partial charge in [-0.3, -0.25) is 14.4 Å². The molecule has 0 saturated heterocycles. The van der Waals surface area contributed by atoms with Gasteiger partial charge in [-0.1, -0.05) is 19.3 Å². The molecule has 1 aliphatic rings. The zero-order valence-corrected chi connectivity index (χ0v) is 13.9. The minimum atomic E-state index is -0.970. The Balaban J connectivity index is 2.17. The van der Waals surface area contributed by atoms with Crippen LogP contribution in [0.1, 0.15) is 55.8 Å². The maximum atomic E-state index is 12.8. The maximum Gasteiger partial charge on any atom is 0.304 e. The Morgan fingerprint density at radius 3 is 2.25 bits per heavy atom. The summed E-state index contributed by atoms with van der Waals surface area (Å²) in [5, 5.41) is 12.1. The molecular formula is C18H24N2O4. The lowest BCUT2D eigenvalue weighted by Gasteiger charge is -2.37. The van der Waals surface area contributed by atoms with Crippen molar-refractivity contribution in [2.45, 2.75) is 45.4 Å². The summed E-state index contributed by atoms with van der Waals surface area (Å²) >= 11 is 0. The van der Waals surface area contributed by atoms with E-state index in [0.29, 0.717) is 11.3 Å². The van der Waals surface area contributed by atoms with E-state index in [4.69, 9.17) is 5.73 Å². The van der Waals surface area contributed by atoms with Crippen LogP contribution in [0.25, 0.3) is 0 Å². The summed E-state index contributed by atoms with van der Waals surface area (Å²) in [7, 11) is 0. The highest BCUT2D eigenvalue weighted by molar-refractivity contribution is 5.98. The van der Waals surface area contributed by atoms with Crippen LogP contribution < -0.4 is 11.1 Å². The van der Waals surface area contributed by atoms with Crippen molar-refractivity contribution in [3.05, 3.63) is 29.8 Å². The molecule has 0 heterocycles. The van der Waals surface area contributed by atoms with Gasteiger partial charge in [-0.25, -0.2) is 0 Å². The first-order valence-electron chi connectivity index (χ1n) is 8.26. The van der Waals surface area contributed by atoms with E-state index in [1.807, 2.05) is 0 Å². The van der Waals surface area contributed by atoms with Crippen LogP contribution in [0.4, 0.5) is 5.69 Å². The van der Waals surface area contributed by atoms with Crippen LogP contribution in [-0.4, -0.2) is 22.9 Å². The number of primary amides is 1. The molecule has 0 aliphatic heterocycles. The molecule has 0 aromatic heterocycles. The van der Waals surface area contributed by atoms with Crippen molar-refractivity contribution in [2.24, 2.45) is 17.1 Å². The van der Waals surface area contributed by atoms with Gasteiger partial charge in [0.05, 0.1) is 11.8 Å². The highest BCUT2D eigenvalue weighted by atomic mass is 16.4. The predicted molar refractivity (Wildman–Crippen MR) is 90.5 cm³/mol. The summed E-state index contributed by atoms with van der Waals surface area (Å²) in [6, 6.07) is 6.26. The first-order valence-corrected chi connectivity index (χ1v) is 8.26. The van der Waals surface area contributed by atoms with Crippen LogP contribution in [0, 0.1) is 11.3 Å². The molecule has 0 bridgehead atoms. The molecule has 0 spiro atoms. The van der Waals surface area contributed by atoms with Gasteiger partial charge in [-0.2, -0.15) is 0 Å². The number of rotatable bonds is 6. The number of amides is 2. The van der Waals surface area contributed by atoms with Crippen LogP contribution in [0.5, 0.6) is 0 Å². The summed E-state index contributed by atoms with van der Waals surface area (Å²) in [6.45, 7) is 1.74. The molecule has 1 unspecified atom stereocenters. The van der Waals surface area contributed by atoms with Crippen molar-refractivity contribution in [1.29, 1.82) is 0 Å². The van der Waals surface area contributed by atoms with Gasteiger partial charge >= 0.3 is 5.97 Å². The number of carbonyl (C=O) groups excluding carboxylic acids is 2. The molecule has 1 aliphatic carbocycles. The standard InChI is InChI=1S/C18H24N2O4/c1-18(11-15(21)22,13-5-3-2-4-6-13)17(24)20-14-9-7-12(8-10-14)16(19)23/h7-10,13H,2-6,11H2,1H3,(H2,19,23)(H,20,24)(H,21,22). The fourth-order valence-electron chi connectivity index (χ4n) is 3.46. The Kier molecular flexibility index (Phi) is 5.59. The fourth-order valence-corrected chi connectivity index (χ4v) is 3.46. The van der Waals surface area contributed by atoms with Crippen molar-refractivity contribution in [3.8, 4) is 0 Å². The third-order valence-corrected chi connectivity index (χ3v) is 4.97. The van der Waals surface area contributed by atoms with Gasteiger partial charge in [0.25, 0.3) is 0 Å². The SMILES string of the molecule is CC(CC(=O)O)(C(=O)Nc1ccc(C(N)=O)cc1)C1CCCCC1. The third-order valence-electron chi connectivity index (χ3n) is 4.97. The highest BCUT2D eigenvalue weighted by Gasteiger charge is 2.43. The Morgan fingerprint density at radius 2 is 1.75 bits per heavy atom. The first kappa shape index (κ1) is 18.0. The molecule has 2 amide bonds. The second kappa shape index (κ2) is 7.47. The lowest BCUT2D eigenvalue weighted by atomic mass is 9.67. The minimum absolute atomic E-state index is 0.0623. The van der Waals surface area contributed by atoms with Gasteiger partial charge < -0.3 is 16.2 Å². The van der Waals surface area contributed by atoms with Crippen LogP contribution in [-0.2, 0) is 9.59 Å². The number of benzene rings is 1. The number of carboxylic acids is 1. The van der Waals surface area contributed by atoms with Crippen molar-refractivity contribution in [1.82, 2.24) is 0 Å². The molecule has 1 aromatic rings. The van der Waals surface area contributed by atoms with Crippen LogP contribution in [0.3, 0.4) is 0 Å². The van der Waals surface area contributed by atoms with Crippen LogP contribution in [0.15, 0.2) is 24.3 Å². The normalized spacial score (nSPS) is 17.7. The highest BCUT2D eigenvalue weighted by Crippen LogP contribution is 2.42. The number of hydrogen-bond donors (Lipinski definition) is 3. The van der Waals surface area contributed by atoms with E-state index in [2.05, 4.69) is 5.32 Å². The second-order valence-corrected chi connectivity index (χ2v) is 6.72. The van der Waals surface area contributed by atoms with Crippen molar-refractivity contribution < 1.29 is 19.5 Å². The smallest absolute Gasteiger partial charge is 0.304 e. The lowest BCUT2D eigenvalue weighted by molar-refractivity contribution is -0.145. The summed E-state index contributed by atoms with van der Waals surface area (Å²) in [5.41, 5.74) is 5.13. The van der Waals surface area contributed by atoms with E-state index in [-0.39, 0.29) is 18.2 Å². The van der Waals surface area contributed by atoms with Gasteiger partial charge in [-0.05, 0) is 49.9 Å². The number of carbonyl (C=O) groups is 3. The number of carboxylic acid groups (broad SMARTS) is 1. The number of aliphatic carboxylic acids is 1. The zero-order chi connectivity index (χ0) is 17.7. The Hall–Kier alpha value is -2.37. The topological polar surface area (TPSA) is 109 Å². The Bertz CT molecular complexity index is 620.